The molecular formula is C22H24BNO3S. The average molecular weight is 393 g/mol. The number of carbonyl (C=O) groups is 1. The molecule has 0 spiro atoms. The first-order valence-corrected chi connectivity index (χ1v) is 10.9. The smallest absolute Gasteiger partial charge is 0.243 e. The summed E-state index contributed by atoms with van der Waals surface area (Å²) in [5.41, 5.74) is 3.71. The quantitative estimate of drug-likeness (QED) is 0.532. The molecule has 4 nitrogen and oxygen atoms in total. The highest BCUT2D eigenvalue weighted by molar-refractivity contribution is 7.89. The summed E-state index contributed by atoms with van der Waals surface area (Å²) in [5, 5.41) is 0. The SMILES string of the molecule is CCN(CC)S(=O)(=O)c1ccccc1-c1ccc(C(=O)C2=CC=CB2)c(C)c1. The number of allylic oxidation sites excluding steroid dienone is 3. The maximum atomic E-state index is 13.1. The third-order valence-corrected chi connectivity index (χ3v) is 7.16. The van der Waals surface area contributed by atoms with Gasteiger partial charge in [0, 0.05) is 24.2 Å². The maximum absolute atomic E-state index is 13.1. The van der Waals surface area contributed by atoms with Gasteiger partial charge in [0.25, 0.3) is 0 Å². The Morgan fingerprint density at radius 2 is 1.79 bits per heavy atom. The van der Waals surface area contributed by atoms with Crippen molar-refractivity contribution in [1.29, 1.82) is 0 Å². The van der Waals surface area contributed by atoms with Gasteiger partial charge in [-0.15, -0.1) is 5.98 Å². The van der Waals surface area contributed by atoms with Crippen LogP contribution in [0.25, 0.3) is 11.1 Å². The van der Waals surface area contributed by atoms with Crippen LogP contribution in [0, 0.1) is 6.92 Å². The average Bonchev–Trinajstić information content (AvgIpc) is 3.23. The van der Waals surface area contributed by atoms with Crippen molar-refractivity contribution in [3.8, 4) is 11.1 Å². The largest absolute Gasteiger partial charge is 0.290 e. The second-order valence-electron chi connectivity index (χ2n) is 6.77. The minimum absolute atomic E-state index is 0.0260. The molecule has 0 unspecified atom stereocenters. The normalized spacial score (nSPS) is 13.5. The maximum Gasteiger partial charge on any atom is 0.243 e. The standard InChI is InChI=1S/C22H24BNO3S/c1-4-24(5-2)28(26,27)21-11-7-6-9-19(21)17-12-13-18(16(3)15-17)22(25)20-10-8-14-23-20/h6-15,23H,4-5H2,1-3H3. The van der Waals surface area contributed by atoms with Crippen molar-refractivity contribution in [3.63, 3.8) is 0 Å². The third kappa shape index (κ3) is 3.75. The molecule has 3 rings (SSSR count). The van der Waals surface area contributed by atoms with E-state index in [1.807, 2.05) is 63.2 Å². The lowest BCUT2D eigenvalue weighted by Gasteiger charge is -2.21. The highest BCUT2D eigenvalue weighted by Gasteiger charge is 2.25. The van der Waals surface area contributed by atoms with Gasteiger partial charge in [-0.05, 0) is 29.6 Å². The summed E-state index contributed by atoms with van der Waals surface area (Å²) in [5.74, 6) is 1.99. The Balaban J connectivity index is 2.04. The Hall–Kier alpha value is -2.44. The Labute approximate surface area is 167 Å². The molecule has 0 saturated heterocycles. The minimum Gasteiger partial charge on any atom is -0.290 e. The molecule has 0 saturated carbocycles. The van der Waals surface area contributed by atoms with Crippen molar-refractivity contribution in [3.05, 3.63) is 77.2 Å². The third-order valence-electron chi connectivity index (χ3n) is 5.06. The number of aryl methyl sites for hydroxylation is 1. The molecule has 28 heavy (non-hydrogen) atoms. The van der Waals surface area contributed by atoms with Crippen molar-refractivity contribution < 1.29 is 13.2 Å². The molecular weight excluding hydrogens is 369 g/mol. The molecule has 0 fully saturated rings. The van der Waals surface area contributed by atoms with Crippen LogP contribution in [0.15, 0.2) is 71.0 Å². The van der Waals surface area contributed by atoms with Crippen LogP contribution in [0.1, 0.15) is 29.8 Å². The first kappa shape index (κ1) is 20.3. The number of sulfonamides is 1. The van der Waals surface area contributed by atoms with Crippen LogP contribution in [0.3, 0.4) is 0 Å². The number of carbonyl (C=O) groups excluding carboxylic acids is 1. The molecule has 0 radical (unpaired) electrons. The fourth-order valence-corrected chi connectivity index (χ4v) is 5.18. The number of Topliss-reactive ketones (excluding diaryl/α,β-unsaturated/α-hetero) is 1. The molecule has 0 amide bonds. The van der Waals surface area contributed by atoms with Crippen LogP contribution < -0.4 is 0 Å². The lowest BCUT2D eigenvalue weighted by molar-refractivity contribution is 0.104. The van der Waals surface area contributed by atoms with Gasteiger partial charge in [0.1, 0.15) is 0 Å². The van der Waals surface area contributed by atoms with Crippen molar-refractivity contribution in [2.45, 2.75) is 25.7 Å². The summed E-state index contributed by atoms with van der Waals surface area (Å²) in [6.07, 6.45) is 3.74. The van der Waals surface area contributed by atoms with E-state index in [2.05, 4.69) is 0 Å². The molecule has 2 aromatic rings. The van der Waals surface area contributed by atoms with Gasteiger partial charge in [0.05, 0.1) is 4.90 Å². The Morgan fingerprint density at radius 3 is 2.39 bits per heavy atom. The molecule has 1 aliphatic rings. The van der Waals surface area contributed by atoms with E-state index in [0.717, 1.165) is 16.6 Å². The molecule has 0 atom stereocenters. The van der Waals surface area contributed by atoms with E-state index in [0.29, 0.717) is 36.4 Å². The zero-order chi connectivity index (χ0) is 20.3. The van der Waals surface area contributed by atoms with Gasteiger partial charge in [0.15, 0.2) is 13.1 Å². The van der Waals surface area contributed by atoms with Gasteiger partial charge >= 0.3 is 0 Å². The molecule has 0 aliphatic carbocycles. The van der Waals surface area contributed by atoms with E-state index in [-0.39, 0.29) is 5.78 Å². The number of ketones is 1. The van der Waals surface area contributed by atoms with Gasteiger partial charge < -0.3 is 0 Å². The van der Waals surface area contributed by atoms with Crippen LogP contribution in [0.4, 0.5) is 0 Å². The molecule has 6 heteroatoms. The summed E-state index contributed by atoms with van der Waals surface area (Å²) in [7, 11) is -2.93. The zero-order valence-corrected chi connectivity index (χ0v) is 17.3. The molecule has 0 bridgehead atoms. The van der Waals surface area contributed by atoms with E-state index in [1.165, 1.54) is 4.31 Å². The summed E-state index contributed by atoms with van der Waals surface area (Å²) >= 11 is 0. The molecule has 0 aromatic heterocycles. The number of hydrogen-bond acceptors (Lipinski definition) is 3. The Morgan fingerprint density at radius 1 is 1.07 bits per heavy atom. The summed E-state index contributed by atoms with van der Waals surface area (Å²) < 4.78 is 27.6. The van der Waals surface area contributed by atoms with Gasteiger partial charge in [0.2, 0.25) is 10.0 Å². The van der Waals surface area contributed by atoms with Crippen LogP contribution in [0.2, 0.25) is 0 Å². The van der Waals surface area contributed by atoms with Crippen molar-refractivity contribution >= 4 is 23.1 Å². The van der Waals surface area contributed by atoms with Crippen LogP contribution in [0.5, 0.6) is 0 Å². The molecule has 0 N–H and O–H groups in total. The zero-order valence-electron chi connectivity index (χ0n) is 16.5. The summed E-state index contributed by atoms with van der Waals surface area (Å²) in [6, 6.07) is 12.6. The van der Waals surface area contributed by atoms with Gasteiger partial charge in [-0.25, -0.2) is 8.42 Å². The fourth-order valence-electron chi connectivity index (χ4n) is 3.51. The number of hydrogen-bond donors (Lipinski definition) is 0. The van der Waals surface area contributed by atoms with Crippen LogP contribution in [-0.4, -0.2) is 38.9 Å². The summed E-state index contributed by atoms with van der Waals surface area (Å²) in [4.78, 5) is 13.0. The van der Waals surface area contributed by atoms with Crippen molar-refractivity contribution in [2.24, 2.45) is 0 Å². The van der Waals surface area contributed by atoms with E-state index in [9.17, 15) is 13.2 Å². The Bertz CT molecular complexity index is 1070. The first-order valence-electron chi connectivity index (χ1n) is 9.50. The van der Waals surface area contributed by atoms with Gasteiger partial charge in [-0.1, -0.05) is 62.4 Å². The van der Waals surface area contributed by atoms with E-state index < -0.39 is 10.0 Å². The molecule has 1 aliphatic heterocycles. The number of benzene rings is 2. The lowest BCUT2D eigenvalue weighted by Crippen LogP contribution is -2.31. The topological polar surface area (TPSA) is 54.5 Å². The predicted molar refractivity (Wildman–Crippen MR) is 115 cm³/mol. The van der Waals surface area contributed by atoms with E-state index in [4.69, 9.17) is 0 Å². The molecule has 144 valence electrons. The predicted octanol–water partition coefficient (Wildman–Crippen LogP) is 3.72. The van der Waals surface area contributed by atoms with Crippen molar-refractivity contribution in [2.75, 3.05) is 13.1 Å². The number of nitrogens with zero attached hydrogens (tertiary/aromatic N) is 1. The monoisotopic (exact) mass is 393 g/mol. The van der Waals surface area contributed by atoms with Gasteiger partial charge in [-0.3, -0.25) is 4.79 Å². The summed E-state index contributed by atoms with van der Waals surface area (Å²) in [6.45, 7) is 6.40. The lowest BCUT2D eigenvalue weighted by atomic mass is 9.69. The van der Waals surface area contributed by atoms with E-state index in [1.54, 1.807) is 18.2 Å². The second kappa shape index (κ2) is 8.29. The Kier molecular flexibility index (Phi) is 6.01. The molecule has 2 aromatic carbocycles. The fraction of sp³-hybridized carbons (Fsp3) is 0.227. The highest BCUT2D eigenvalue weighted by atomic mass is 32.2. The first-order chi connectivity index (χ1) is 13.4. The molecule has 1 heterocycles. The van der Waals surface area contributed by atoms with E-state index >= 15 is 0 Å². The van der Waals surface area contributed by atoms with Gasteiger partial charge in [-0.2, -0.15) is 4.31 Å². The second-order valence-corrected chi connectivity index (χ2v) is 8.67. The minimum atomic E-state index is -3.58. The number of rotatable bonds is 7. The van der Waals surface area contributed by atoms with Crippen molar-refractivity contribution in [1.82, 2.24) is 4.31 Å². The highest BCUT2D eigenvalue weighted by Crippen LogP contribution is 2.31. The van der Waals surface area contributed by atoms with Crippen LogP contribution >= 0.6 is 0 Å². The van der Waals surface area contributed by atoms with Crippen LogP contribution in [-0.2, 0) is 10.0 Å².